The van der Waals surface area contributed by atoms with Crippen LogP contribution in [0.15, 0.2) is 59.5 Å². The highest BCUT2D eigenvalue weighted by atomic mass is 32.2. The Morgan fingerprint density at radius 1 is 1.21 bits per heavy atom. The van der Waals surface area contributed by atoms with Crippen LogP contribution in [0.1, 0.15) is 28.5 Å². The van der Waals surface area contributed by atoms with Crippen molar-refractivity contribution in [3.05, 3.63) is 71.4 Å². The molecule has 0 saturated heterocycles. The number of hydrogen-bond donors (Lipinski definition) is 2. The highest BCUT2D eigenvalue weighted by Crippen LogP contribution is 2.36. The number of aryl methyl sites for hydroxylation is 1. The first-order chi connectivity index (χ1) is 13.5. The number of thioether (sulfide) groups is 1. The number of aromatic nitrogens is 2. The second-order valence-electron chi connectivity index (χ2n) is 6.73. The van der Waals surface area contributed by atoms with Crippen LogP contribution >= 0.6 is 11.8 Å². The van der Waals surface area contributed by atoms with Crippen LogP contribution in [0.2, 0.25) is 0 Å². The van der Waals surface area contributed by atoms with Crippen molar-refractivity contribution in [2.45, 2.75) is 30.5 Å². The van der Waals surface area contributed by atoms with E-state index in [1.807, 2.05) is 56.3 Å². The van der Waals surface area contributed by atoms with E-state index in [4.69, 9.17) is 0 Å². The van der Waals surface area contributed by atoms with E-state index >= 15 is 0 Å². The lowest BCUT2D eigenvalue weighted by Gasteiger charge is -2.21. The molecule has 4 rings (SSSR count). The number of amides is 2. The Hall–Kier alpha value is -3.06. The number of carbonyl (C=O) groups is 2. The maximum absolute atomic E-state index is 12.8. The molecule has 0 bridgehead atoms. The maximum atomic E-state index is 12.8. The highest BCUT2D eigenvalue weighted by molar-refractivity contribution is 8.00. The number of hydrogen-bond acceptors (Lipinski definition) is 4. The minimum absolute atomic E-state index is 0.0494. The van der Waals surface area contributed by atoms with Gasteiger partial charge < -0.3 is 10.6 Å². The summed E-state index contributed by atoms with van der Waals surface area (Å²) in [4.78, 5) is 25.7. The van der Waals surface area contributed by atoms with Gasteiger partial charge >= 0.3 is 0 Å². The minimum Gasteiger partial charge on any atom is -0.324 e. The summed E-state index contributed by atoms with van der Waals surface area (Å²) in [6, 6.07) is 17.2. The fraction of sp³-hybridized carbons (Fsp3) is 0.190. The molecule has 1 aromatic heterocycles. The van der Waals surface area contributed by atoms with Gasteiger partial charge in [0.1, 0.15) is 5.82 Å². The van der Waals surface area contributed by atoms with Gasteiger partial charge in [-0.1, -0.05) is 30.3 Å². The van der Waals surface area contributed by atoms with Crippen molar-refractivity contribution in [3.63, 3.8) is 0 Å². The monoisotopic (exact) mass is 392 g/mol. The quantitative estimate of drug-likeness (QED) is 0.705. The normalized spacial score (nSPS) is 15.6. The third-order valence-electron chi connectivity index (χ3n) is 4.49. The first-order valence-corrected chi connectivity index (χ1v) is 9.89. The third kappa shape index (κ3) is 3.80. The van der Waals surface area contributed by atoms with E-state index in [2.05, 4.69) is 15.7 Å². The first kappa shape index (κ1) is 18.3. The van der Waals surface area contributed by atoms with Gasteiger partial charge in [-0.2, -0.15) is 5.10 Å². The molecule has 2 heterocycles. The molecule has 142 valence electrons. The second kappa shape index (κ2) is 7.52. The van der Waals surface area contributed by atoms with Crippen molar-refractivity contribution in [1.29, 1.82) is 0 Å². The zero-order valence-corrected chi connectivity index (χ0v) is 16.4. The highest BCUT2D eigenvalue weighted by Gasteiger charge is 2.24. The molecular weight excluding hydrogens is 372 g/mol. The van der Waals surface area contributed by atoms with Crippen LogP contribution in [0.5, 0.6) is 0 Å². The molecule has 1 aliphatic heterocycles. The summed E-state index contributed by atoms with van der Waals surface area (Å²) in [5.41, 5.74) is 3.09. The topological polar surface area (TPSA) is 76.0 Å². The van der Waals surface area contributed by atoms with Crippen LogP contribution in [0, 0.1) is 6.92 Å². The van der Waals surface area contributed by atoms with Crippen molar-refractivity contribution in [1.82, 2.24) is 9.78 Å². The van der Waals surface area contributed by atoms with Crippen LogP contribution in [-0.4, -0.2) is 26.8 Å². The Morgan fingerprint density at radius 2 is 2.00 bits per heavy atom. The van der Waals surface area contributed by atoms with Gasteiger partial charge in [0.15, 0.2) is 0 Å². The van der Waals surface area contributed by atoms with E-state index in [1.54, 1.807) is 16.8 Å². The van der Waals surface area contributed by atoms with Crippen LogP contribution in [0.4, 0.5) is 11.5 Å². The van der Waals surface area contributed by atoms with E-state index in [9.17, 15) is 9.59 Å². The lowest BCUT2D eigenvalue weighted by atomic mass is 10.1. The standard InChI is InChI=1S/C21H20N4O2S/c1-13-10-19(25(24-13)12-15-6-4-3-5-7-15)23-21(27)16-8-9-18-17(11-16)22-20(26)14(2)28-18/h3-11,14H,12H2,1-2H3,(H,22,26)(H,23,27). The molecule has 7 heteroatoms. The number of benzene rings is 2. The molecule has 1 unspecified atom stereocenters. The van der Waals surface area contributed by atoms with Crippen LogP contribution < -0.4 is 10.6 Å². The molecule has 2 N–H and O–H groups in total. The van der Waals surface area contributed by atoms with E-state index < -0.39 is 0 Å². The number of rotatable bonds is 4. The Kier molecular flexibility index (Phi) is 4.92. The first-order valence-electron chi connectivity index (χ1n) is 9.01. The third-order valence-corrected chi connectivity index (χ3v) is 5.67. The molecular formula is C21H20N4O2S. The molecule has 0 saturated carbocycles. The van der Waals surface area contributed by atoms with Crippen molar-refractivity contribution >= 4 is 35.1 Å². The Morgan fingerprint density at radius 3 is 2.79 bits per heavy atom. The lowest BCUT2D eigenvalue weighted by Crippen LogP contribution is -2.26. The van der Waals surface area contributed by atoms with Gasteiger partial charge in [0, 0.05) is 16.5 Å². The second-order valence-corrected chi connectivity index (χ2v) is 8.11. The van der Waals surface area contributed by atoms with Gasteiger partial charge in [0.05, 0.1) is 23.2 Å². The van der Waals surface area contributed by atoms with Gasteiger partial charge in [-0.25, -0.2) is 4.68 Å². The fourth-order valence-electron chi connectivity index (χ4n) is 3.06. The van der Waals surface area contributed by atoms with Crippen molar-refractivity contribution < 1.29 is 9.59 Å². The predicted molar refractivity (Wildman–Crippen MR) is 111 cm³/mol. The van der Waals surface area contributed by atoms with E-state index in [0.717, 1.165) is 16.2 Å². The van der Waals surface area contributed by atoms with E-state index in [0.29, 0.717) is 23.6 Å². The molecule has 1 atom stereocenters. The van der Waals surface area contributed by atoms with Gasteiger partial charge in [-0.3, -0.25) is 9.59 Å². The smallest absolute Gasteiger partial charge is 0.256 e. The van der Waals surface area contributed by atoms with Crippen LogP contribution in [-0.2, 0) is 11.3 Å². The number of anilines is 2. The molecule has 0 radical (unpaired) electrons. The van der Waals surface area contributed by atoms with E-state index in [1.165, 1.54) is 11.8 Å². The predicted octanol–water partition coefficient (Wildman–Crippen LogP) is 3.92. The average Bonchev–Trinajstić information content (AvgIpc) is 3.01. The summed E-state index contributed by atoms with van der Waals surface area (Å²) in [7, 11) is 0. The van der Waals surface area contributed by atoms with Crippen molar-refractivity contribution in [2.24, 2.45) is 0 Å². The molecule has 6 nitrogen and oxygen atoms in total. The average molecular weight is 392 g/mol. The van der Waals surface area contributed by atoms with Crippen molar-refractivity contribution in [3.8, 4) is 0 Å². The number of nitrogens with zero attached hydrogens (tertiary/aromatic N) is 2. The minimum atomic E-state index is -0.241. The van der Waals surface area contributed by atoms with Crippen LogP contribution in [0.25, 0.3) is 0 Å². The summed E-state index contributed by atoms with van der Waals surface area (Å²) < 4.78 is 1.78. The fourth-order valence-corrected chi connectivity index (χ4v) is 3.99. The SMILES string of the molecule is Cc1cc(NC(=O)c2ccc3c(c2)NC(=O)C(C)S3)n(Cc2ccccc2)n1. The Balaban J connectivity index is 1.55. The zero-order valence-electron chi connectivity index (χ0n) is 15.6. The molecule has 2 amide bonds. The van der Waals surface area contributed by atoms with Gasteiger partial charge in [0.25, 0.3) is 5.91 Å². The lowest BCUT2D eigenvalue weighted by molar-refractivity contribution is -0.115. The summed E-state index contributed by atoms with van der Waals surface area (Å²) in [5.74, 6) is 0.345. The Labute approximate surface area is 167 Å². The maximum Gasteiger partial charge on any atom is 0.256 e. The van der Waals surface area contributed by atoms with E-state index in [-0.39, 0.29) is 17.1 Å². The summed E-state index contributed by atoms with van der Waals surface area (Å²) in [6.45, 7) is 4.32. The number of nitrogens with one attached hydrogen (secondary N) is 2. The Bertz CT molecular complexity index is 1050. The molecule has 3 aromatic rings. The van der Waals surface area contributed by atoms with Gasteiger partial charge in [-0.05, 0) is 37.6 Å². The van der Waals surface area contributed by atoms with Crippen LogP contribution in [0.3, 0.4) is 0 Å². The number of fused-ring (bicyclic) bond motifs is 1. The van der Waals surface area contributed by atoms with Crippen molar-refractivity contribution in [2.75, 3.05) is 10.6 Å². The number of carbonyl (C=O) groups excluding carboxylic acids is 2. The molecule has 28 heavy (non-hydrogen) atoms. The zero-order chi connectivity index (χ0) is 19.7. The molecule has 0 spiro atoms. The largest absolute Gasteiger partial charge is 0.324 e. The van der Waals surface area contributed by atoms with Gasteiger partial charge in [-0.15, -0.1) is 11.8 Å². The summed E-state index contributed by atoms with van der Waals surface area (Å²) in [6.07, 6.45) is 0. The molecule has 1 aliphatic rings. The molecule has 0 fully saturated rings. The summed E-state index contributed by atoms with van der Waals surface area (Å²) in [5, 5.41) is 10.1. The summed E-state index contributed by atoms with van der Waals surface area (Å²) >= 11 is 1.49. The van der Waals surface area contributed by atoms with Gasteiger partial charge in [0.2, 0.25) is 5.91 Å². The molecule has 2 aromatic carbocycles. The molecule has 0 aliphatic carbocycles.